The quantitative estimate of drug-likeness (QED) is 0.488. The average molecular weight is 489 g/mol. The first-order valence-corrected chi connectivity index (χ1v) is 10.9. The number of nitrogens with zero attached hydrogens (tertiary/aromatic N) is 1. The van der Waals surface area contributed by atoms with Crippen LogP contribution in [0.15, 0.2) is 36.4 Å². The van der Waals surface area contributed by atoms with Crippen molar-refractivity contribution in [2.45, 2.75) is 25.4 Å². The fraction of sp³-hybridized carbons (Fsp3) is 0.429. The van der Waals surface area contributed by atoms with Crippen molar-refractivity contribution in [1.29, 1.82) is 0 Å². The summed E-state index contributed by atoms with van der Waals surface area (Å²) in [6, 6.07) is 11.5. The van der Waals surface area contributed by atoms with Crippen LogP contribution in [0.2, 0.25) is 10.0 Å². The summed E-state index contributed by atoms with van der Waals surface area (Å²) < 4.78 is 18.2. The van der Waals surface area contributed by atoms with Crippen LogP contribution in [0, 0.1) is 6.92 Å². The Kier molecular flexibility index (Phi) is 7.29. The highest BCUT2D eigenvalue weighted by Gasteiger charge is 2.42. The molecule has 2 aromatic rings. The second-order valence-electron chi connectivity index (χ2n) is 7.22. The molecule has 152 valence electrons. The Labute approximate surface area is 184 Å². The van der Waals surface area contributed by atoms with Crippen molar-refractivity contribution in [2.24, 2.45) is 0 Å². The summed E-state index contributed by atoms with van der Waals surface area (Å²) in [6.07, 6.45) is -0.204. The summed E-state index contributed by atoms with van der Waals surface area (Å²) in [6.45, 7) is 3.62. The van der Waals surface area contributed by atoms with Crippen LogP contribution in [0.3, 0.4) is 0 Å². The molecule has 1 aliphatic heterocycles. The molecule has 0 saturated carbocycles. The highest BCUT2D eigenvalue weighted by atomic mass is 79.9. The first kappa shape index (κ1) is 21.9. The third-order valence-corrected chi connectivity index (χ3v) is 5.79. The number of aryl methyl sites for hydroxylation is 1. The minimum atomic E-state index is -0.840. The number of benzene rings is 2. The minimum Gasteiger partial charge on any atom is -0.489 e. The Bertz CT molecular complexity index is 793. The largest absolute Gasteiger partial charge is 0.489 e. The fourth-order valence-electron chi connectivity index (χ4n) is 3.27. The highest BCUT2D eigenvalue weighted by molar-refractivity contribution is 9.09. The molecule has 1 saturated heterocycles. The number of ether oxygens (including phenoxy) is 3. The van der Waals surface area contributed by atoms with Gasteiger partial charge in [-0.25, -0.2) is 0 Å². The molecule has 0 radical (unpaired) electrons. The molecule has 0 aliphatic carbocycles. The van der Waals surface area contributed by atoms with Gasteiger partial charge in [0.05, 0.1) is 17.0 Å². The van der Waals surface area contributed by atoms with Gasteiger partial charge in [-0.1, -0.05) is 57.3 Å². The molecule has 0 amide bonds. The van der Waals surface area contributed by atoms with Crippen molar-refractivity contribution >= 4 is 39.1 Å². The predicted octanol–water partition coefficient (Wildman–Crippen LogP) is 5.41. The SMILES string of the molecule is Cc1cc(CN(C)C)cc(Cl)c1OCC1COC(CBr)(c2ccc(Cl)cc2)O1. The summed E-state index contributed by atoms with van der Waals surface area (Å²) in [5.41, 5.74) is 3.08. The number of hydrogen-bond acceptors (Lipinski definition) is 4. The Morgan fingerprint density at radius 2 is 1.93 bits per heavy atom. The van der Waals surface area contributed by atoms with Crippen LogP contribution in [-0.2, 0) is 21.8 Å². The summed E-state index contributed by atoms with van der Waals surface area (Å²) >= 11 is 16.0. The van der Waals surface area contributed by atoms with Crippen molar-refractivity contribution in [3.63, 3.8) is 0 Å². The van der Waals surface area contributed by atoms with E-state index < -0.39 is 5.79 Å². The standard InChI is InChI=1S/C21H24BrCl2NO3/c1-14-8-15(10-25(2)3)9-19(24)20(14)26-11-18-12-27-21(13-22,28-18)16-4-6-17(23)7-5-16/h4-9,18H,10-13H2,1-3H3. The van der Waals surface area contributed by atoms with Gasteiger partial charge in [0.2, 0.25) is 5.79 Å². The maximum atomic E-state index is 6.46. The number of rotatable bonds is 7. The van der Waals surface area contributed by atoms with Crippen LogP contribution in [-0.4, -0.2) is 43.6 Å². The van der Waals surface area contributed by atoms with E-state index in [-0.39, 0.29) is 6.10 Å². The summed E-state index contributed by atoms with van der Waals surface area (Å²) in [4.78, 5) is 2.10. The molecule has 1 heterocycles. The van der Waals surface area contributed by atoms with Crippen molar-refractivity contribution in [3.8, 4) is 5.75 Å². The van der Waals surface area contributed by atoms with E-state index in [1.807, 2.05) is 51.4 Å². The Balaban J connectivity index is 1.67. The molecule has 1 aliphatic rings. The number of hydrogen-bond donors (Lipinski definition) is 0. The fourth-order valence-corrected chi connectivity index (χ4v) is 4.35. The van der Waals surface area contributed by atoms with Crippen LogP contribution in [0.5, 0.6) is 5.75 Å². The van der Waals surface area contributed by atoms with E-state index in [2.05, 4.69) is 26.9 Å². The van der Waals surface area contributed by atoms with Crippen LogP contribution in [0.1, 0.15) is 16.7 Å². The molecule has 28 heavy (non-hydrogen) atoms. The molecule has 0 aromatic heterocycles. The second kappa shape index (κ2) is 9.33. The number of alkyl halides is 1. The topological polar surface area (TPSA) is 30.9 Å². The molecule has 2 atom stereocenters. The van der Waals surface area contributed by atoms with Crippen molar-refractivity contribution in [1.82, 2.24) is 4.90 Å². The van der Waals surface area contributed by atoms with Crippen molar-refractivity contribution in [2.75, 3.05) is 32.6 Å². The molecule has 0 bridgehead atoms. The summed E-state index contributed by atoms with van der Waals surface area (Å²) in [5, 5.41) is 1.80. The van der Waals surface area contributed by atoms with Gasteiger partial charge in [0, 0.05) is 17.1 Å². The monoisotopic (exact) mass is 487 g/mol. The Hall–Kier alpha value is -0.820. The molecular formula is C21H24BrCl2NO3. The van der Waals surface area contributed by atoms with Crippen LogP contribution in [0.25, 0.3) is 0 Å². The molecular weight excluding hydrogens is 465 g/mol. The molecule has 0 spiro atoms. The number of halogens is 3. The van der Waals surface area contributed by atoms with Gasteiger partial charge in [0.1, 0.15) is 18.5 Å². The smallest absolute Gasteiger partial charge is 0.205 e. The predicted molar refractivity (Wildman–Crippen MR) is 117 cm³/mol. The van der Waals surface area contributed by atoms with Crippen LogP contribution < -0.4 is 4.74 Å². The van der Waals surface area contributed by atoms with Gasteiger partial charge in [0.15, 0.2) is 0 Å². The highest BCUT2D eigenvalue weighted by Crippen LogP contribution is 2.37. The van der Waals surface area contributed by atoms with Crippen LogP contribution >= 0.6 is 39.1 Å². The molecule has 1 fully saturated rings. The van der Waals surface area contributed by atoms with Crippen molar-refractivity contribution in [3.05, 3.63) is 63.1 Å². The maximum absolute atomic E-state index is 6.46. The molecule has 0 N–H and O–H groups in total. The van der Waals surface area contributed by atoms with E-state index in [0.29, 0.717) is 34.3 Å². The summed E-state index contributed by atoms with van der Waals surface area (Å²) in [5.74, 6) is -0.150. The third-order valence-electron chi connectivity index (χ3n) is 4.52. The van der Waals surface area contributed by atoms with Crippen LogP contribution in [0.4, 0.5) is 0 Å². The molecule has 7 heteroatoms. The van der Waals surface area contributed by atoms with Gasteiger partial charge < -0.3 is 19.1 Å². The van der Waals surface area contributed by atoms with E-state index in [4.69, 9.17) is 37.4 Å². The lowest BCUT2D eigenvalue weighted by atomic mass is 10.1. The minimum absolute atomic E-state index is 0.204. The van der Waals surface area contributed by atoms with E-state index in [1.54, 1.807) is 0 Å². The molecule has 2 aromatic carbocycles. The Morgan fingerprint density at radius 1 is 1.21 bits per heavy atom. The van der Waals surface area contributed by atoms with Gasteiger partial charge in [-0.3, -0.25) is 0 Å². The third kappa shape index (κ3) is 5.02. The lowest BCUT2D eigenvalue weighted by Crippen LogP contribution is -2.31. The van der Waals surface area contributed by atoms with Crippen molar-refractivity contribution < 1.29 is 14.2 Å². The average Bonchev–Trinajstić information content (AvgIpc) is 3.06. The zero-order valence-corrected chi connectivity index (χ0v) is 19.3. The van der Waals surface area contributed by atoms with E-state index in [1.165, 1.54) is 0 Å². The lowest BCUT2D eigenvalue weighted by Gasteiger charge is -2.26. The molecule has 2 unspecified atom stereocenters. The first-order chi connectivity index (χ1) is 13.3. The first-order valence-electron chi connectivity index (χ1n) is 9.03. The van der Waals surface area contributed by atoms with E-state index in [0.717, 1.165) is 23.2 Å². The molecule has 4 nitrogen and oxygen atoms in total. The second-order valence-corrected chi connectivity index (χ2v) is 8.62. The zero-order valence-electron chi connectivity index (χ0n) is 16.2. The van der Waals surface area contributed by atoms with Gasteiger partial charge >= 0.3 is 0 Å². The van der Waals surface area contributed by atoms with Gasteiger partial charge in [-0.05, 0) is 50.3 Å². The molecule has 3 rings (SSSR count). The normalized spacial score (nSPS) is 22.0. The Morgan fingerprint density at radius 3 is 2.54 bits per heavy atom. The lowest BCUT2D eigenvalue weighted by molar-refractivity contribution is -0.159. The zero-order chi connectivity index (χ0) is 20.3. The van der Waals surface area contributed by atoms with E-state index >= 15 is 0 Å². The van der Waals surface area contributed by atoms with Gasteiger partial charge in [-0.15, -0.1) is 0 Å². The maximum Gasteiger partial charge on any atom is 0.205 e. The van der Waals surface area contributed by atoms with Gasteiger partial charge in [0.25, 0.3) is 0 Å². The summed E-state index contributed by atoms with van der Waals surface area (Å²) in [7, 11) is 4.06. The van der Waals surface area contributed by atoms with E-state index in [9.17, 15) is 0 Å². The van der Waals surface area contributed by atoms with Gasteiger partial charge in [-0.2, -0.15) is 0 Å².